The van der Waals surface area contributed by atoms with Crippen molar-refractivity contribution in [1.82, 2.24) is 0 Å². The van der Waals surface area contributed by atoms with Gasteiger partial charge >= 0.3 is 11.9 Å². The summed E-state index contributed by atoms with van der Waals surface area (Å²) < 4.78 is 0. The highest BCUT2D eigenvalue weighted by atomic mass is 16.4. The van der Waals surface area contributed by atoms with E-state index >= 15 is 0 Å². The quantitative estimate of drug-likeness (QED) is 0.698. The Morgan fingerprint density at radius 2 is 0.929 bits per heavy atom. The van der Waals surface area contributed by atoms with Crippen LogP contribution in [-0.2, 0) is 9.59 Å². The van der Waals surface area contributed by atoms with E-state index in [0.29, 0.717) is 12.2 Å². The van der Waals surface area contributed by atoms with Gasteiger partial charge in [-0.15, -0.1) is 0 Å². The average molecular weight is 194 g/mol. The van der Waals surface area contributed by atoms with Crippen LogP contribution in [0.25, 0.3) is 0 Å². The molecule has 0 radical (unpaired) electrons. The SMILES string of the molecule is O=C(O)/C=C\C(=O)O.c1ccccc1. The highest BCUT2D eigenvalue weighted by Gasteiger charge is 1.88. The first-order valence-electron chi connectivity index (χ1n) is 3.77. The average Bonchev–Trinajstić information content (AvgIpc) is 2.18. The van der Waals surface area contributed by atoms with E-state index in [-0.39, 0.29) is 0 Å². The number of benzene rings is 1. The summed E-state index contributed by atoms with van der Waals surface area (Å²) in [6, 6.07) is 12.0. The predicted octanol–water partition coefficient (Wildman–Crippen LogP) is 1.40. The van der Waals surface area contributed by atoms with E-state index in [1.807, 2.05) is 36.4 Å². The van der Waals surface area contributed by atoms with Gasteiger partial charge in [0, 0.05) is 12.2 Å². The van der Waals surface area contributed by atoms with E-state index in [1.165, 1.54) is 0 Å². The Morgan fingerprint density at radius 1 is 0.714 bits per heavy atom. The molecule has 0 unspecified atom stereocenters. The van der Waals surface area contributed by atoms with Gasteiger partial charge in [0.2, 0.25) is 0 Å². The van der Waals surface area contributed by atoms with Crippen LogP contribution in [0.2, 0.25) is 0 Å². The molecule has 0 amide bonds. The van der Waals surface area contributed by atoms with Gasteiger partial charge in [-0.25, -0.2) is 9.59 Å². The van der Waals surface area contributed by atoms with Gasteiger partial charge < -0.3 is 10.2 Å². The zero-order valence-electron chi connectivity index (χ0n) is 7.33. The molecule has 0 spiro atoms. The zero-order valence-corrected chi connectivity index (χ0v) is 7.33. The van der Waals surface area contributed by atoms with E-state index in [4.69, 9.17) is 10.2 Å². The normalized spacial score (nSPS) is 8.86. The number of hydrogen-bond donors (Lipinski definition) is 2. The van der Waals surface area contributed by atoms with Crippen molar-refractivity contribution in [2.24, 2.45) is 0 Å². The van der Waals surface area contributed by atoms with Gasteiger partial charge in [0.1, 0.15) is 0 Å². The van der Waals surface area contributed by atoms with Crippen molar-refractivity contribution >= 4 is 11.9 Å². The monoisotopic (exact) mass is 194 g/mol. The van der Waals surface area contributed by atoms with E-state index < -0.39 is 11.9 Å². The number of aliphatic carboxylic acids is 2. The summed E-state index contributed by atoms with van der Waals surface area (Å²) >= 11 is 0. The summed E-state index contributed by atoms with van der Waals surface area (Å²) in [5.41, 5.74) is 0. The number of carbonyl (C=O) groups is 2. The van der Waals surface area contributed by atoms with Crippen LogP contribution in [0, 0.1) is 0 Å². The Bertz CT molecular complexity index is 260. The van der Waals surface area contributed by atoms with Gasteiger partial charge in [0.15, 0.2) is 0 Å². The lowest BCUT2D eigenvalue weighted by molar-refractivity contribution is -0.134. The van der Waals surface area contributed by atoms with Crippen molar-refractivity contribution in [3.05, 3.63) is 48.6 Å². The molecule has 0 aliphatic rings. The van der Waals surface area contributed by atoms with E-state index in [2.05, 4.69) is 0 Å². The van der Waals surface area contributed by atoms with Crippen LogP contribution in [-0.4, -0.2) is 22.2 Å². The molecule has 0 heterocycles. The van der Waals surface area contributed by atoms with E-state index in [1.54, 1.807) is 0 Å². The van der Waals surface area contributed by atoms with Crippen molar-refractivity contribution in [2.45, 2.75) is 0 Å². The molecule has 0 saturated heterocycles. The molecule has 0 bridgehead atoms. The third-order valence-electron chi connectivity index (χ3n) is 1.04. The molecule has 0 atom stereocenters. The van der Waals surface area contributed by atoms with E-state index in [9.17, 15) is 9.59 Å². The van der Waals surface area contributed by atoms with Crippen LogP contribution >= 0.6 is 0 Å². The molecular formula is C10H10O4. The van der Waals surface area contributed by atoms with Crippen molar-refractivity contribution < 1.29 is 19.8 Å². The predicted molar refractivity (Wildman–Crippen MR) is 50.9 cm³/mol. The fraction of sp³-hybridized carbons (Fsp3) is 0. The van der Waals surface area contributed by atoms with E-state index in [0.717, 1.165) is 0 Å². The summed E-state index contributed by atoms with van der Waals surface area (Å²) in [5.74, 6) is -2.51. The Balaban J connectivity index is 0.000000249. The Kier molecular flexibility index (Phi) is 6.41. The summed E-state index contributed by atoms with van der Waals surface area (Å²) in [5, 5.41) is 15.6. The smallest absolute Gasteiger partial charge is 0.328 e. The van der Waals surface area contributed by atoms with Gasteiger partial charge in [-0.2, -0.15) is 0 Å². The minimum Gasteiger partial charge on any atom is -0.478 e. The molecule has 1 aromatic carbocycles. The molecular weight excluding hydrogens is 184 g/mol. The first kappa shape index (κ1) is 11.9. The van der Waals surface area contributed by atoms with Crippen LogP contribution < -0.4 is 0 Å². The molecule has 0 fully saturated rings. The fourth-order valence-electron chi connectivity index (χ4n) is 0.527. The van der Waals surface area contributed by atoms with Crippen molar-refractivity contribution in [3.63, 3.8) is 0 Å². The first-order valence-corrected chi connectivity index (χ1v) is 3.77. The van der Waals surface area contributed by atoms with Gasteiger partial charge in [0.05, 0.1) is 0 Å². The molecule has 74 valence electrons. The second-order valence-corrected chi connectivity index (χ2v) is 2.16. The highest BCUT2D eigenvalue weighted by molar-refractivity contribution is 5.89. The lowest BCUT2D eigenvalue weighted by Crippen LogP contribution is -1.91. The Labute approximate surface area is 81.1 Å². The van der Waals surface area contributed by atoms with Crippen molar-refractivity contribution in [1.29, 1.82) is 0 Å². The number of carboxylic acid groups (broad SMARTS) is 2. The summed E-state index contributed by atoms with van der Waals surface area (Å²) in [4.78, 5) is 19.1. The lowest BCUT2D eigenvalue weighted by atomic mass is 10.4. The maximum atomic E-state index is 9.55. The number of carboxylic acids is 2. The van der Waals surface area contributed by atoms with Crippen molar-refractivity contribution in [2.75, 3.05) is 0 Å². The van der Waals surface area contributed by atoms with Crippen LogP contribution in [0.5, 0.6) is 0 Å². The van der Waals surface area contributed by atoms with Crippen molar-refractivity contribution in [3.8, 4) is 0 Å². The van der Waals surface area contributed by atoms with Crippen LogP contribution in [0.3, 0.4) is 0 Å². The maximum Gasteiger partial charge on any atom is 0.328 e. The van der Waals surface area contributed by atoms with Gasteiger partial charge in [-0.1, -0.05) is 36.4 Å². The van der Waals surface area contributed by atoms with Crippen LogP contribution in [0.15, 0.2) is 48.6 Å². The molecule has 0 aliphatic heterocycles. The number of hydrogen-bond acceptors (Lipinski definition) is 2. The highest BCUT2D eigenvalue weighted by Crippen LogP contribution is 1.79. The maximum absolute atomic E-state index is 9.55. The van der Waals surface area contributed by atoms with Crippen LogP contribution in [0.4, 0.5) is 0 Å². The molecule has 2 N–H and O–H groups in total. The molecule has 4 nitrogen and oxygen atoms in total. The molecule has 4 heteroatoms. The second kappa shape index (κ2) is 7.54. The fourth-order valence-corrected chi connectivity index (χ4v) is 0.527. The standard InChI is InChI=1S/C6H6.C4H4O4/c1-2-4-6-5-3-1;5-3(6)1-2-4(7)8/h1-6H;1-2H,(H,5,6)(H,7,8)/b;2-1-. The first-order chi connectivity index (χ1) is 6.63. The third kappa shape index (κ3) is 9.90. The molecule has 14 heavy (non-hydrogen) atoms. The summed E-state index contributed by atoms with van der Waals surface area (Å²) in [7, 11) is 0. The second-order valence-electron chi connectivity index (χ2n) is 2.16. The summed E-state index contributed by atoms with van der Waals surface area (Å²) in [6.07, 6.45) is 1.12. The minimum atomic E-state index is -1.26. The van der Waals surface area contributed by atoms with Gasteiger partial charge in [-0.05, 0) is 0 Å². The largest absolute Gasteiger partial charge is 0.478 e. The van der Waals surface area contributed by atoms with Gasteiger partial charge in [-0.3, -0.25) is 0 Å². The Hall–Kier alpha value is -2.10. The third-order valence-corrected chi connectivity index (χ3v) is 1.04. The topological polar surface area (TPSA) is 74.6 Å². The Morgan fingerprint density at radius 3 is 1.07 bits per heavy atom. The molecule has 0 aliphatic carbocycles. The zero-order chi connectivity index (χ0) is 10.8. The van der Waals surface area contributed by atoms with Gasteiger partial charge in [0.25, 0.3) is 0 Å². The molecule has 1 rings (SSSR count). The minimum absolute atomic E-state index is 0.558. The van der Waals surface area contributed by atoms with Crippen LogP contribution in [0.1, 0.15) is 0 Å². The number of rotatable bonds is 2. The summed E-state index contributed by atoms with van der Waals surface area (Å²) in [6.45, 7) is 0. The molecule has 0 aromatic heterocycles. The molecule has 1 aromatic rings. The molecule has 0 saturated carbocycles. The lowest BCUT2D eigenvalue weighted by Gasteiger charge is -1.74.